The van der Waals surface area contributed by atoms with Crippen LogP contribution >= 0.6 is 11.3 Å². The number of esters is 1. The Labute approximate surface area is 178 Å². The molecular formula is C23H26N2O4S. The largest absolute Gasteiger partial charge is 0.461 e. The molecule has 0 spiro atoms. The van der Waals surface area contributed by atoms with E-state index >= 15 is 0 Å². The molecule has 0 aliphatic heterocycles. The first-order valence-corrected chi connectivity index (χ1v) is 11.3. The SMILES string of the molecule is Cn1c(=O)n(Cc2ccccc2)c(=O)c2cc(C(=O)OCC3CCCCCC3)sc21. The van der Waals surface area contributed by atoms with E-state index in [1.807, 2.05) is 30.3 Å². The van der Waals surface area contributed by atoms with Crippen molar-refractivity contribution >= 4 is 27.5 Å². The minimum absolute atomic E-state index is 0.194. The number of rotatable bonds is 5. The summed E-state index contributed by atoms with van der Waals surface area (Å²) in [6, 6.07) is 10.9. The molecule has 158 valence electrons. The first kappa shape index (κ1) is 20.6. The number of carbonyl (C=O) groups is 1. The highest BCUT2D eigenvalue weighted by Crippen LogP contribution is 2.25. The first-order chi connectivity index (χ1) is 14.5. The van der Waals surface area contributed by atoms with Crippen LogP contribution in [0, 0.1) is 5.92 Å². The van der Waals surface area contributed by atoms with Crippen molar-refractivity contribution in [1.82, 2.24) is 9.13 Å². The Morgan fingerprint density at radius 3 is 2.50 bits per heavy atom. The van der Waals surface area contributed by atoms with Gasteiger partial charge in [-0.25, -0.2) is 9.59 Å². The van der Waals surface area contributed by atoms with Crippen molar-refractivity contribution in [3.8, 4) is 0 Å². The van der Waals surface area contributed by atoms with E-state index in [0.717, 1.165) is 29.7 Å². The lowest BCUT2D eigenvalue weighted by Gasteiger charge is -2.13. The fraction of sp³-hybridized carbons (Fsp3) is 0.435. The Balaban J connectivity index is 1.59. The molecule has 1 saturated carbocycles. The summed E-state index contributed by atoms with van der Waals surface area (Å²) in [6.07, 6.45) is 7.08. The van der Waals surface area contributed by atoms with Crippen molar-refractivity contribution in [1.29, 1.82) is 0 Å². The Kier molecular flexibility index (Phi) is 6.18. The van der Waals surface area contributed by atoms with Gasteiger partial charge in [-0.1, -0.05) is 56.0 Å². The molecule has 1 aliphatic rings. The normalized spacial score (nSPS) is 15.2. The lowest BCUT2D eigenvalue weighted by atomic mass is 10.0. The van der Waals surface area contributed by atoms with Gasteiger partial charge < -0.3 is 4.74 Å². The number of thiophene rings is 1. The van der Waals surface area contributed by atoms with Crippen molar-refractivity contribution in [2.75, 3.05) is 6.61 Å². The van der Waals surface area contributed by atoms with E-state index in [4.69, 9.17) is 4.74 Å². The van der Waals surface area contributed by atoms with Crippen LogP contribution in [0.5, 0.6) is 0 Å². The molecule has 0 atom stereocenters. The second kappa shape index (κ2) is 9.00. The van der Waals surface area contributed by atoms with E-state index in [0.29, 0.717) is 27.6 Å². The van der Waals surface area contributed by atoms with Crippen molar-refractivity contribution < 1.29 is 9.53 Å². The molecule has 0 N–H and O–H groups in total. The number of aromatic nitrogens is 2. The van der Waals surface area contributed by atoms with E-state index in [1.54, 1.807) is 13.1 Å². The predicted molar refractivity (Wildman–Crippen MR) is 118 cm³/mol. The van der Waals surface area contributed by atoms with E-state index in [-0.39, 0.29) is 12.1 Å². The van der Waals surface area contributed by atoms with Gasteiger partial charge >= 0.3 is 11.7 Å². The number of ether oxygens (including phenoxy) is 1. The maximum Gasteiger partial charge on any atom is 0.348 e. The van der Waals surface area contributed by atoms with Crippen LogP contribution in [0.3, 0.4) is 0 Å². The molecule has 30 heavy (non-hydrogen) atoms. The zero-order valence-corrected chi connectivity index (χ0v) is 18.0. The summed E-state index contributed by atoms with van der Waals surface area (Å²) in [5, 5.41) is 0.374. The molecule has 1 aromatic carbocycles. The highest BCUT2D eigenvalue weighted by Gasteiger charge is 2.20. The lowest BCUT2D eigenvalue weighted by molar-refractivity contribution is 0.0433. The van der Waals surface area contributed by atoms with Crippen LogP contribution in [-0.4, -0.2) is 21.7 Å². The van der Waals surface area contributed by atoms with Gasteiger partial charge in [0, 0.05) is 7.05 Å². The summed E-state index contributed by atoms with van der Waals surface area (Å²) in [7, 11) is 1.63. The summed E-state index contributed by atoms with van der Waals surface area (Å²) in [6.45, 7) is 0.615. The Morgan fingerprint density at radius 2 is 1.80 bits per heavy atom. The topological polar surface area (TPSA) is 70.3 Å². The Morgan fingerprint density at radius 1 is 1.10 bits per heavy atom. The average molecular weight is 427 g/mol. The van der Waals surface area contributed by atoms with Gasteiger partial charge in [-0.05, 0) is 30.4 Å². The smallest absolute Gasteiger partial charge is 0.348 e. The molecule has 1 aliphatic carbocycles. The second-order valence-electron chi connectivity index (χ2n) is 8.00. The Bertz CT molecular complexity index is 1150. The fourth-order valence-corrected chi connectivity index (χ4v) is 5.08. The summed E-state index contributed by atoms with van der Waals surface area (Å²) < 4.78 is 8.21. The standard InChI is InChI=1S/C23H26N2O4S/c1-24-21-18(20(26)25(23(24)28)14-16-9-7-4-8-10-16)13-19(30-21)22(27)29-15-17-11-5-2-3-6-12-17/h4,7-10,13,17H,2-3,5-6,11-12,14-15H2,1H3. The van der Waals surface area contributed by atoms with Crippen LogP contribution in [0.15, 0.2) is 46.0 Å². The molecule has 2 heterocycles. The van der Waals surface area contributed by atoms with E-state index < -0.39 is 11.7 Å². The number of hydrogen-bond acceptors (Lipinski definition) is 5. The van der Waals surface area contributed by atoms with Gasteiger partial charge in [0.25, 0.3) is 5.56 Å². The van der Waals surface area contributed by atoms with Crippen molar-refractivity contribution in [2.45, 2.75) is 45.1 Å². The molecular weight excluding hydrogens is 400 g/mol. The monoisotopic (exact) mass is 426 g/mol. The maximum atomic E-state index is 13.0. The third kappa shape index (κ3) is 4.26. The molecule has 0 radical (unpaired) electrons. The molecule has 3 aromatic rings. The number of hydrogen-bond donors (Lipinski definition) is 0. The number of carbonyl (C=O) groups excluding carboxylic acids is 1. The third-order valence-corrected chi connectivity index (χ3v) is 7.01. The molecule has 4 rings (SSSR count). The third-order valence-electron chi connectivity index (χ3n) is 5.82. The van der Waals surface area contributed by atoms with E-state index in [2.05, 4.69) is 0 Å². The quantitative estimate of drug-likeness (QED) is 0.458. The van der Waals surface area contributed by atoms with Gasteiger partial charge in [0.1, 0.15) is 9.71 Å². The van der Waals surface area contributed by atoms with Crippen molar-refractivity contribution in [3.63, 3.8) is 0 Å². The molecule has 0 amide bonds. The lowest BCUT2D eigenvalue weighted by Crippen LogP contribution is -2.38. The highest BCUT2D eigenvalue weighted by molar-refractivity contribution is 7.20. The van der Waals surface area contributed by atoms with Gasteiger partial charge in [0.15, 0.2) is 0 Å². The summed E-state index contributed by atoms with van der Waals surface area (Å²) in [5.74, 6) is 0.000175. The molecule has 0 saturated heterocycles. The molecule has 1 fully saturated rings. The van der Waals surface area contributed by atoms with Gasteiger partial charge in [0.05, 0.1) is 18.5 Å². The molecule has 7 heteroatoms. The predicted octanol–water partition coefficient (Wildman–Crippen LogP) is 3.94. The van der Waals surface area contributed by atoms with Crippen LogP contribution in [0.2, 0.25) is 0 Å². The molecule has 0 unspecified atom stereocenters. The minimum Gasteiger partial charge on any atom is -0.461 e. The first-order valence-electron chi connectivity index (χ1n) is 10.5. The van der Waals surface area contributed by atoms with Crippen LogP contribution in [-0.2, 0) is 18.3 Å². The summed E-state index contributed by atoms with van der Waals surface area (Å²) >= 11 is 1.14. The van der Waals surface area contributed by atoms with Crippen molar-refractivity contribution in [3.05, 3.63) is 67.7 Å². The van der Waals surface area contributed by atoms with Crippen LogP contribution < -0.4 is 11.2 Å². The average Bonchev–Trinajstić information content (AvgIpc) is 3.05. The van der Waals surface area contributed by atoms with Gasteiger partial charge in [-0.2, -0.15) is 0 Å². The molecule has 2 aromatic heterocycles. The maximum absolute atomic E-state index is 13.0. The number of fused-ring (bicyclic) bond motifs is 1. The van der Waals surface area contributed by atoms with Crippen LogP contribution in [0.1, 0.15) is 53.8 Å². The van der Waals surface area contributed by atoms with Gasteiger partial charge in [-0.3, -0.25) is 13.9 Å². The minimum atomic E-state index is -0.415. The van der Waals surface area contributed by atoms with Gasteiger partial charge in [0.2, 0.25) is 0 Å². The number of benzene rings is 1. The van der Waals surface area contributed by atoms with E-state index in [1.165, 1.54) is 34.8 Å². The van der Waals surface area contributed by atoms with Gasteiger partial charge in [-0.15, -0.1) is 11.3 Å². The fourth-order valence-electron chi connectivity index (χ4n) is 4.09. The zero-order chi connectivity index (χ0) is 21.1. The van der Waals surface area contributed by atoms with Crippen molar-refractivity contribution in [2.24, 2.45) is 13.0 Å². The van der Waals surface area contributed by atoms with E-state index in [9.17, 15) is 14.4 Å². The summed E-state index contributed by atoms with van der Waals surface area (Å²) in [5.41, 5.74) is 0.0990. The summed E-state index contributed by atoms with van der Waals surface area (Å²) in [4.78, 5) is 39.2. The van der Waals surface area contributed by atoms with Crippen LogP contribution in [0.25, 0.3) is 10.2 Å². The number of aryl methyl sites for hydroxylation is 1. The molecule has 6 nitrogen and oxygen atoms in total. The van der Waals surface area contributed by atoms with Crippen LogP contribution in [0.4, 0.5) is 0 Å². The number of nitrogens with zero attached hydrogens (tertiary/aromatic N) is 2. The zero-order valence-electron chi connectivity index (χ0n) is 17.1. The molecule has 0 bridgehead atoms. The highest BCUT2D eigenvalue weighted by atomic mass is 32.1. The Hall–Kier alpha value is -2.67. The second-order valence-corrected chi connectivity index (χ2v) is 9.03.